The number of fused-ring (bicyclic) bond motifs is 3. The second-order valence-corrected chi connectivity index (χ2v) is 10.6. The minimum absolute atomic E-state index is 0.0246. The van der Waals surface area contributed by atoms with Gasteiger partial charge in [-0.15, -0.1) is 0 Å². The maximum Gasteiger partial charge on any atom is 0.302 e. The molecule has 0 aromatic rings. The van der Waals surface area contributed by atoms with Gasteiger partial charge in [-0.1, -0.05) is 20.8 Å². The van der Waals surface area contributed by atoms with E-state index in [4.69, 9.17) is 9.47 Å². The summed E-state index contributed by atoms with van der Waals surface area (Å²) in [6.45, 7) is 12.3. The predicted molar refractivity (Wildman–Crippen MR) is 103 cm³/mol. The van der Waals surface area contributed by atoms with Gasteiger partial charge in [-0.3, -0.25) is 4.79 Å². The first-order valence-corrected chi connectivity index (χ1v) is 10.6. The molecule has 0 aromatic heterocycles. The first kappa shape index (κ1) is 21.1. The summed E-state index contributed by atoms with van der Waals surface area (Å²) in [6.07, 6.45) is 4.75. The minimum atomic E-state index is -0.850. The number of hydrogen-bond donors (Lipinski definition) is 2. The van der Waals surface area contributed by atoms with Crippen LogP contribution in [0.3, 0.4) is 0 Å². The van der Waals surface area contributed by atoms with Gasteiger partial charge in [0.25, 0.3) is 0 Å². The van der Waals surface area contributed by atoms with Crippen LogP contribution in [0.2, 0.25) is 0 Å². The molecule has 156 valence electrons. The molecule has 0 radical (unpaired) electrons. The van der Waals surface area contributed by atoms with Crippen molar-refractivity contribution in [2.75, 3.05) is 6.61 Å². The van der Waals surface area contributed by atoms with Crippen molar-refractivity contribution in [2.24, 2.45) is 22.7 Å². The molecule has 0 unspecified atom stereocenters. The third-order valence-electron chi connectivity index (χ3n) is 8.51. The van der Waals surface area contributed by atoms with Crippen LogP contribution < -0.4 is 0 Å². The molecular formula is C22H38O5. The molecule has 2 aliphatic carbocycles. The number of rotatable bonds is 3. The van der Waals surface area contributed by atoms with E-state index in [9.17, 15) is 15.0 Å². The standard InChI is InChI=1S/C22H38O5/c1-14(24)26-18-9-10-20(4)15(19(18,2)3)7-11-21(5)16(20)8-12-22(6,27-21)17(25)13-23/h15-18,23,25H,7-13H2,1-6H3/t15-,16+,17-,18-,20-,21+,22-/m1/s1. The molecule has 3 rings (SSSR count). The Morgan fingerprint density at radius 1 is 1.07 bits per heavy atom. The van der Waals surface area contributed by atoms with E-state index >= 15 is 0 Å². The molecule has 3 aliphatic rings. The van der Waals surface area contributed by atoms with Gasteiger partial charge in [0.2, 0.25) is 0 Å². The Balaban J connectivity index is 1.88. The SMILES string of the molecule is CC(=O)O[C@@H]1CC[C@]2(C)[C@H](CC[C@]3(C)O[C@@](C)([C@H](O)CO)CC[C@@H]23)C1(C)C. The van der Waals surface area contributed by atoms with Crippen LogP contribution in [-0.2, 0) is 14.3 Å². The molecule has 0 spiro atoms. The van der Waals surface area contributed by atoms with Crippen molar-refractivity contribution < 1.29 is 24.5 Å². The van der Waals surface area contributed by atoms with E-state index in [-0.39, 0.29) is 35.1 Å². The lowest BCUT2D eigenvalue weighted by Gasteiger charge is -2.66. The van der Waals surface area contributed by atoms with Gasteiger partial charge in [0.15, 0.2) is 0 Å². The van der Waals surface area contributed by atoms with Gasteiger partial charge in [-0.25, -0.2) is 0 Å². The third-order valence-corrected chi connectivity index (χ3v) is 8.51. The number of aliphatic hydroxyl groups is 2. The van der Waals surface area contributed by atoms with Gasteiger partial charge >= 0.3 is 5.97 Å². The first-order chi connectivity index (χ1) is 12.4. The van der Waals surface area contributed by atoms with Crippen LogP contribution >= 0.6 is 0 Å². The fourth-order valence-electron chi connectivity index (χ4n) is 7.09. The lowest BCUT2D eigenvalue weighted by molar-refractivity contribution is -0.293. The molecule has 0 aromatic carbocycles. The van der Waals surface area contributed by atoms with E-state index in [1.54, 1.807) is 0 Å². The van der Waals surface area contributed by atoms with Crippen LogP contribution in [0.5, 0.6) is 0 Å². The molecule has 0 bridgehead atoms. The fourth-order valence-corrected chi connectivity index (χ4v) is 7.09. The number of aliphatic hydroxyl groups excluding tert-OH is 2. The van der Waals surface area contributed by atoms with E-state index in [1.807, 2.05) is 6.92 Å². The zero-order chi connectivity index (χ0) is 20.3. The summed E-state index contributed by atoms with van der Waals surface area (Å²) in [5.41, 5.74) is -0.920. The Morgan fingerprint density at radius 3 is 2.30 bits per heavy atom. The van der Waals surface area contributed by atoms with Crippen molar-refractivity contribution in [3.63, 3.8) is 0 Å². The van der Waals surface area contributed by atoms with E-state index in [1.165, 1.54) is 6.92 Å². The Hall–Kier alpha value is -0.650. The van der Waals surface area contributed by atoms with Crippen molar-refractivity contribution in [3.8, 4) is 0 Å². The minimum Gasteiger partial charge on any atom is -0.462 e. The van der Waals surface area contributed by atoms with Crippen LogP contribution in [0.15, 0.2) is 0 Å². The molecule has 5 heteroatoms. The maximum absolute atomic E-state index is 11.6. The highest BCUT2D eigenvalue weighted by atomic mass is 16.5. The average Bonchev–Trinajstić information content (AvgIpc) is 2.55. The molecule has 1 heterocycles. The average molecular weight is 383 g/mol. The summed E-state index contributed by atoms with van der Waals surface area (Å²) in [5, 5.41) is 19.8. The molecular weight excluding hydrogens is 344 g/mol. The van der Waals surface area contributed by atoms with Crippen LogP contribution in [0.25, 0.3) is 0 Å². The highest BCUT2D eigenvalue weighted by Gasteiger charge is 2.64. The molecule has 2 N–H and O–H groups in total. The fraction of sp³-hybridized carbons (Fsp3) is 0.955. The second kappa shape index (κ2) is 6.70. The second-order valence-electron chi connectivity index (χ2n) is 10.6. The van der Waals surface area contributed by atoms with Crippen molar-refractivity contribution in [1.82, 2.24) is 0 Å². The van der Waals surface area contributed by atoms with Crippen LogP contribution in [0.1, 0.15) is 80.1 Å². The smallest absolute Gasteiger partial charge is 0.302 e. The highest BCUT2D eigenvalue weighted by molar-refractivity contribution is 5.66. The summed E-state index contributed by atoms with van der Waals surface area (Å²) < 4.78 is 12.3. The quantitative estimate of drug-likeness (QED) is 0.731. The van der Waals surface area contributed by atoms with Gasteiger partial charge in [0, 0.05) is 12.3 Å². The van der Waals surface area contributed by atoms with Gasteiger partial charge in [-0.2, -0.15) is 0 Å². The lowest BCUT2D eigenvalue weighted by atomic mass is 9.43. The van der Waals surface area contributed by atoms with Crippen LogP contribution in [0.4, 0.5) is 0 Å². The molecule has 3 fully saturated rings. The number of carbonyl (C=O) groups is 1. The van der Waals surface area contributed by atoms with Crippen molar-refractivity contribution >= 4 is 5.97 Å². The maximum atomic E-state index is 11.6. The van der Waals surface area contributed by atoms with Crippen molar-refractivity contribution in [2.45, 2.75) is 103 Å². The van der Waals surface area contributed by atoms with Gasteiger partial charge in [0.1, 0.15) is 12.2 Å². The Morgan fingerprint density at radius 2 is 1.70 bits per heavy atom. The highest BCUT2D eigenvalue weighted by Crippen LogP contribution is 2.66. The van der Waals surface area contributed by atoms with Gasteiger partial charge in [-0.05, 0) is 69.6 Å². The Labute approximate surface area is 163 Å². The largest absolute Gasteiger partial charge is 0.462 e. The molecule has 2 saturated carbocycles. The summed E-state index contributed by atoms with van der Waals surface area (Å²) in [7, 11) is 0. The van der Waals surface area contributed by atoms with Gasteiger partial charge < -0.3 is 19.7 Å². The number of hydrogen-bond acceptors (Lipinski definition) is 5. The zero-order valence-corrected chi connectivity index (χ0v) is 17.9. The molecule has 1 aliphatic heterocycles. The third kappa shape index (κ3) is 3.24. The number of esters is 1. The van der Waals surface area contributed by atoms with E-state index in [0.29, 0.717) is 11.8 Å². The van der Waals surface area contributed by atoms with Crippen molar-refractivity contribution in [3.05, 3.63) is 0 Å². The predicted octanol–water partition coefficient (Wildman–Crippen LogP) is 3.45. The summed E-state index contributed by atoms with van der Waals surface area (Å²) in [4.78, 5) is 11.6. The van der Waals surface area contributed by atoms with Crippen molar-refractivity contribution in [1.29, 1.82) is 0 Å². The number of ether oxygens (including phenoxy) is 2. The molecule has 0 amide bonds. The van der Waals surface area contributed by atoms with Gasteiger partial charge in [0.05, 0.1) is 17.8 Å². The zero-order valence-electron chi connectivity index (χ0n) is 17.9. The Kier molecular flexibility index (Phi) is 5.23. The Bertz CT molecular complexity index is 589. The lowest BCUT2D eigenvalue weighted by Crippen LogP contribution is -2.66. The molecule has 5 nitrogen and oxygen atoms in total. The van der Waals surface area contributed by atoms with Crippen LogP contribution in [-0.4, -0.2) is 46.2 Å². The van der Waals surface area contributed by atoms with Crippen LogP contribution in [0, 0.1) is 22.7 Å². The molecule has 7 atom stereocenters. The normalized spacial score (nSPS) is 47.5. The van der Waals surface area contributed by atoms with E-state index in [2.05, 4.69) is 27.7 Å². The van der Waals surface area contributed by atoms with E-state index < -0.39 is 11.7 Å². The molecule has 1 saturated heterocycles. The summed E-state index contributed by atoms with van der Waals surface area (Å²) >= 11 is 0. The topological polar surface area (TPSA) is 76.0 Å². The number of carbonyl (C=O) groups excluding carboxylic acids is 1. The molecule has 27 heavy (non-hydrogen) atoms. The van der Waals surface area contributed by atoms with E-state index in [0.717, 1.165) is 38.5 Å². The summed E-state index contributed by atoms with van der Waals surface area (Å²) in [6, 6.07) is 0. The monoisotopic (exact) mass is 382 g/mol. The summed E-state index contributed by atoms with van der Waals surface area (Å²) in [5.74, 6) is 0.684. The first-order valence-electron chi connectivity index (χ1n) is 10.6.